The Hall–Kier alpha value is 1.04. The van der Waals surface area contributed by atoms with Gasteiger partial charge in [-0.25, -0.2) is 0 Å². The lowest BCUT2D eigenvalue weighted by molar-refractivity contribution is 0.932. The fourth-order valence-corrected chi connectivity index (χ4v) is 98.2. The summed E-state index contributed by atoms with van der Waals surface area (Å²) in [5.74, 6) is 0. The van der Waals surface area contributed by atoms with Gasteiger partial charge in [-0.1, -0.05) is 254 Å². The Bertz CT molecular complexity index is 1700. The van der Waals surface area contributed by atoms with Gasteiger partial charge in [-0.2, -0.15) is 0 Å². The summed E-state index contributed by atoms with van der Waals surface area (Å²) in [4.78, 5) is 0. The molecule has 0 bridgehead atoms. The van der Waals surface area contributed by atoms with Gasteiger partial charge in [0.1, 0.15) is 0 Å². The molecule has 1 aliphatic heterocycles. The lowest BCUT2D eigenvalue weighted by Crippen LogP contribution is -2.67. The molecule has 0 unspecified atom stereocenters. The van der Waals surface area contributed by atoms with Crippen LogP contribution in [0.5, 0.6) is 0 Å². The van der Waals surface area contributed by atoms with Crippen molar-refractivity contribution in [2.75, 3.05) is 0 Å². The summed E-state index contributed by atoms with van der Waals surface area (Å²) in [6.45, 7) is 82.6. The third-order valence-corrected chi connectivity index (χ3v) is 75.9. The Morgan fingerprint density at radius 3 is 0.983 bits per heavy atom. The SMILES string of the molecule is C[Si](C)(C)C(c1cc(C([Si](C)(C)C)[Si](C)(C)C)c([Si][Si]2c3cc(C([Si](C)(C)C)[Si](C)(C)C)ccc3CC2([Si](C)(C)C)[Si](C)(C)C)c(C([Si](C)(C)C)[Si](C)(C)C)c1)[Si](C)(C)C. The molecule has 0 aromatic heterocycles. The summed E-state index contributed by atoms with van der Waals surface area (Å²) >= 11 is 0. The van der Waals surface area contributed by atoms with Crippen molar-refractivity contribution in [3.8, 4) is 0 Å². The van der Waals surface area contributed by atoms with Gasteiger partial charge in [-0.05, 0) is 42.5 Å². The van der Waals surface area contributed by atoms with Crippen molar-refractivity contribution in [1.29, 1.82) is 0 Å². The molecule has 341 valence electrons. The predicted octanol–water partition coefficient (Wildman–Crippen LogP) is 15.3. The first kappa shape index (κ1) is 55.4. The zero-order valence-corrected chi connectivity index (χ0v) is 57.9. The van der Waals surface area contributed by atoms with E-state index in [-0.39, 0.29) is 0 Å². The number of fused-ring (bicyclic) bond motifs is 1. The average molecular weight is 1020 g/mol. The Morgan fingerprint density at radius 1 is 0.400 bits per heavy atom. The van der Waals surface area contributed by atoms with E-state index < -0.39 is 89.1 Å². The predicted molar refractivity (Wildman–Crippen MR) is 314 cm³/mol. The third-order valence-electron chi connectivity index (χ3n) is 14.5. The first-order chi connectivity index (χ1) is 26.1. The molecule has 12 heteroatoms. The Morgan fingerprint density at radius 2 is 0.700 bits per heavy atom. The number of hydrogen-bond donors (Lipinski definition) is 0. The van der Waals surface area contributed by atoms with Gasteiger partial charge in [0.15, 0.2) is 0 Å². The van der Waals surface area contributed by atoms with E-state index in [4.69, 9.17) is 0 Å². The van der Waals surface area contributed by atoms with Crippen molar-refractivity contribution in [2.24, 2.45) is 0 Å². The van der Waals surface area contributed by atoms with Gasteiger partial charge in [0.05, 0.1) is 17.4 Å². The molecule has 1 heterocycles. The summed E-state index contributed by atoms with van der Waals surface area (Å²) in [6.07, 6.45) is 1.37. The second kappa shape index (κ2) is 17.3. The molecule has 0 saturated heterocycles. The Kier molecular flexibility index (Phi) is 16.0. The van der Waals surface area contributed by atoms with Crippen LogP contribution in [0.15, 0.2) is 30.3 Å². The van der Waals surface area contributed by atoms with Crippen LogP contribution >= 0.6 is 0 Å². The standard InChI is InChI=1S/C48H101Si12/c1-51(2,3)44(52(4,5)6)37-31-32-38-36-48(59(25,26)27,60(28,29)30)50(42(38)35-37)49-43-40(46(55(13,14)15)56(16,17)18)33-39(45(53(7,8)9)54(10,11)12)34-41(43)47(57(19,20)21)58(22,23)24/h31-35,44-47H,36H2,1-30H3. The highest BCUT2D eigenvalue weighted by atomic mass is 29.2. The summed E-state index contributed by atoms with van der Waals surface area (Å²) in [5, 5.41) is 6.94. The van der Waals surface area contributed by atoms with Crippen LogP contribution in [0.1, 0.15) is 48.5 Å². The van der Waals surface area contributed by atoms with Crippen LogP contribution in [-0.2, 0) is 6.42 Å². The zero-order chi connectivity index (χ0) is 47.4. The highest BCUT2D eigenvalue weighted by Crippen LogP contribution is 2.55. The number of rotatable bonds is 16. The lowest BCUT2D eigenvalue weighted by atomic mass is 10.1. The molecule has 60 heavy (non-hydrogen) atoms. The highest BCUT2D eigenvalue weighted by molar-refractivity contribution is 7.35. The zero-order valence-electron chi connectivity index (χ0n) is 45.9. The summed E-state index contributed by atoms with van der Waals surface area (Å²) in [6, 6.07) is 14.4. The molecule has 0 saturated carbocycles. The van der Waals surface area contributed by atoms with Crippen LogP contribution in [0.4, 0.5) is 0 Å². The van der Waals surface area contributed by atoms with Gasteiger partial charge in [-0.3, -0.25) is 0 Å². The van der Waals surface area contributed by atoms with Crippen molar-refractivity contribution in [2.45, 2.75) is 228 Å². The molecule has 0 aliphatic carbocycles. The van der Waals surface area contributed by atoms with Crippen LogP contribution < -0.4 is 10.4 Å². The first-order valence-electron chi connectivity index (χ1n) is 24.1. The molecule has 0 atom stereocenters. The van der Waals surface area contributed by atoms with Gasteiger partial charge in [0.25, 0.3) is 0 Å². The van der Waals surface area contributed by atoms with Gasteiger partial charge >= 0.3 is 0 Å². The minimum absolute atomic E-state index is 0.506. The first-order valence-corrected chi connectivity index (χ1v) is 63.2. The van der Waals surface area contributed by atoms with Crippen LogP contribution in [0, 0.1) is 0 Å². The Balaban J connectivity index is 2.84. The minimum atomic E-state index is -1.68. The number of hydrogen-bond acceptors (Lipinski definition) is 0. The van der Waals surface area contributed by atoms with E-state index in [0.717, 1.165) is 29.7 Å². The van der Waals surface area contributed by atoms with Crippen molar-refractivity contribution < 1.29 is 0 Å². The van der Waals surface area contributed by atoms with Crippen LogP contribution in [0.3, 0.4) is 0 Å². The van der Waals surface area contributed by atoms with Crippen molar-refractivity contribution in [1.82, 2.24) is 0 Å². The molecule has 1 aliphatic rings. The minimum Gasteiger partial charge on any atom is -0.0696 e. The van der Waals surface area contributed by atoms with Gasteiger partial charge in [0.2, 0.25) is 0 Å². The molecule has 0 fully saturated rings. The van der Waals surface area contributed by atoms with E-state index in [1.807, 2.05) is 21.5 Å². The second-order valence-corrected chi connectivity index (χ2v) is 92.9. The van der Waals surface area contributed by atoms with E-state index >= 15 is 0 Å². The Labute approximate surface area is 391 Å². The maximum absolute atomic E-state index is 3.02. The largest absolute Gasteiger partial charge is 0.0794 e. The molecule has 0 amide bonds. The highest BCUT2D eigenvalue weighted by Gasteiger charge is 2.62. The van der Waals surface area contributed by atoms with E-state index in [2.05, 4.69) is 227 Å². The molecule has 3 rings (SSSR count). The van der Waals surface area contributed by atoms with Crippen LogP contribution in [-0.4, -0.2) is 98.1 Å². The van der Waals surface area contributed by atoms with Crippen LogP contribution in [0.2, 0.25) is 201 Å². The van der Waals surface area contributed by atoms with E-state index in [1.165, 1.54) is 6.42 Å². The van der Waals surface area contributed by atoms with Crippen molar-refractivity contribution in [3.63, 3.8) is 0 Å². The molecule has 0 nitrogen and oxygen atoms in total. The smallest absolute Gasteiger partial charge is 0.0696 e. The van der Waals surface area contributed by atoms with E-state index in [0.29, 0.717) is 4.28 Å². The molecule has 0 spiro atoms. The van der Waals surface area contributed by atoms with E-state index in [9.17, 15) is 0 Å². The molecular formula is C48H101Si12. The van der Waals surface area contributed by atoms with Crippen molar-refractivity contribution >= 4 is 108 Å². The maximum atomic E-state index is 3.02. The normalized spacial score (nSPS) is 17.2. The summed E-state index contributed by atoms with van der Waals surface area (Å²) in [5.41, 5.74) is 9.18. The molecule has 3 radical (unpaired) electrons. The van der Waals surface area contributed by atoms with Crippen molar-refractivity contribution in [3.05, 3.63) is 58.1 Å². The van der Waals surface area contributed by atoms with Gasteiger partial charge < -0.3 is 0 Å². The molecular weight excluding hydrogens is 914 g/mol. The third kappa shape index (κ3) is 11.6. The topological polar surface area (TPSA) is 0 Å². The molecule has 2 aromatic carbocycles. The monoisotopic (exact) mass is 1010 g/mol. The van der Waals surface area contributed by atoms with Gasteiger partial charge in [-0.15, -0.1) is 0 Å². The fraction of sp³-hybridized carbons (Fsp3) is 0.750. The van der Waals surface area contributed by atoms with E-state index in [1.54, 1.807) is 16.7 Å². The van der Waals surface area contributed by atoms with Gasteiger partial charge in [0, 0.05) is 80.7 Å². The van der Waals surface area contributed by atoms with Crippen LogP contribution in [0.25, 0.3) is 0 Å². The molecule has 2 aromatic rings. The lowest BCUT2D eigenvalue weighted by Gasteiger charge is -2.54. The fourth-order valence-electron chi connectivity index (χ4n) is 15.0. The molecule has 0 N–H and O–H groups in total. The number of benzene rings is 2. The summed E-state index contributed by atoms with van der Waals surface area (Å²) < 4.78 is 0.506. The summed E-state index contributed by atoms with van der Waals surface area (Å²) in [7, 11) is -16.0. The second-order valence-electron chi connectivity index (χ2n) is 30.7. The average Bonchev–Trinajstić information content (AvgIpc) is 3.23. The quantitative estimate of drug-likeness (QED) is 0.147. The maximum Gasteiger partial charge on any atom is 0.0794 e.